The molecule has 3 heteroatoms. The van der Waals surface area contributed by atoms with Gasteiger partial charge in [-0.25, -0.2) is 4.79 Å². The first kappa shape index (κ1) is 9.64. The van der Waals surface area contributed by atoms with E-state index in [1.165, 1.54) is 6.42 Å². The van der Waals surface area contributed by atoms with Crippen molar-refractivity contribution < 1.29 is 14.3 Å². The van der Waals surface area contributed by atoms with Crippen LogP contribution in [-0.2, 0) is 14.3 Å². The molecule has 0 aromatic rings. The monoisotopic (exact) mass is 210 g/mol. The highest BCUT2D eigenvalue weighted by atomic mass is 16.7. The molecule has 3 nitrogen and oxygen atoms in total. The van der Waals surface area contributed by atoms with Crippen molar-refractivity contribution in [2.24, 2.45) is 0 Å². The second-order valence-electron chi connectivity index (χ2n) is 5.09. The molecule has 0 radical (unpaired) electrons. The summed E-state index contributed by atoms with van der Waals surface area (Å²) in [6.07, 6.45) is 7.41. The number of hydrogen-bond acceptors (Lipinski definition) is 3. The molecular formula is C12H18O3. The molecule has 0 amide bonds. The molecule has 0 bridgehead atoms. The molecular weight excluding hydrogens is 192 g/mol. The average molecular weight is 210 g/mol. The van der Waals surface area contributed by atoms with E-state index in [9.17, 15) is 4.79 Å². The molecule has 2 unspecified atom stereocenters. The molecule has 1 saturated heterocycles. The van der Waals surface area contributed by atoms with Gasteiger partial charge < -0.3 is 9.47 Å². The first-order valence-electron chi connectivity index (χ1n) is 6.14. The van der Waals surface area contributed by atoms with Crippen LogP contribution in [0.15, 0.2) is 0 Å². The molecule has 0 N–H and O–H groups in total. The predicted octanol–water partition coefficient (Wildman–Crippen LogP) is 2.18. The number of epoxide rings is 1. The molecule has 15 heavy (non-hydrogen) atoms. The van der Waals surface area contributed by atoms with Gasteiger partial charge in [-0.1, -0.05) is 6.92 Å². The van der Waals surface area contributed by atoms with Gasteiger partial charge in [0.1, 0.15) is 11.7 Å². The number of esters is 1. The third kappa shape index (κ3) is 1.13. The van der Waals surface area contributed by atoms with Crippen molar-refractivity contribution in [2.45, 2.75) is 69.2 Å². The zero-order chi connectivity index (χ0) is 10.5. The number of carbonyl (C=O) groups is 1. The van der Waals surface area contributed by atoms with Crippen LogP contribution in [0.1, 0.15) is 51.9 Å². The number of hydrogen-bond donors (Lipinski definition) is 0. The van der Waals surface area contributed by atoms with Gasteiger partial charge in [-0.2, -0.15) is 0 Å². The van der Waals surface area contributed by atoms with Gasteiger partial charge in [0, 0.05) is 0 Å². The van der Waals surface area contributed by atoms with E-state index in [2.05, 4.69) is 6.92 Å². The molecule has 0 spiro atoms. The average Bonchev–Trinajstić information content (AvgIpc) is 2.71. The Balaban J connectivity index is 1.69. The summed E-state index contributed by atoms with van der Waals surface area (Å²) in [4.78, 5) is 12.0. The van der Waals surface area contributed by atoms with E-state index < -0.39 is 5.60 Å². The molecule has 0 aromatic heterocycles. The molecule has 2 aliphatic carbocycles. The lowest BCUT2D eigenvalue weighted by Gasteiger charge is -2.26. The van der Waals surface area contributed by atoms with Gasteiger partial charge in [0.2, 0.25) is 0 Å². The summed E-state index contributed by atoms with van der Waals surface area (Å²) in [5.74, 6) is -0.0773. The Kier molecular flexibility index (Phi) is 1.91. The smallest absolute Gasteiger partial charge is 0.341 e. The molecule has 1 aliphatic heterocycles. The van der Waals surface area contributed by atoms with E-state index in [-0.39, 0.29) is 17.7 Å². The van der Waals surface area contributed by atoms with E-state index in [4.69, 9.17) is 9.47 Å². The fourth-order valence-electron chi connectivity index (χ4n) is 3.06. The number of fused-ring (bicyclic) bond motifs is 1. The Hall–Kier alpha value is -0.570. The van der Waals surface area contributed by atoms with Crippen LogP contribution in [0.2, 0.25) is 0 Å². The van der Waals surface area contributed by atoms with Crippen LogP contribution in [-0.4, -0.2) is 23.3 Å². The fraction of sp³-hybridized carbons (Fsp3) is 0.917. The Morgan fingerprint density at radius 3 is 2.73 bits per heavy atom. The van der Waals surface area contributed by atoms with Crippen LogP contribution in [0.3, 0.4) is 0 Å². The minimum atomic E-state index is -0.530. The maximum absolute atomic E-state index is 12.0. The van der Waals surface area contributed by atoms with Gasteiger partial charge in [0.25, 0.3) is 0 Å². The molecule has 2 saturated carbocycles. The summed E-state index contributed by atoms with van der Waals surface area (Å²) in [5, 5.41) is 0. The van der Waals surface area contributed by atoms with Gasteiger partial charge in [-0.3, -0.25) is 0 Å². The summed E-state index contributed by atoms with van der Waals surface area (Å²) in [6.45, 7) is 2.10. The molecule has 3 fully saturated rings. The van der Waals surface area contributed by atoms with Gasteiger partial charge in [-0.15, -0.1) is 0 Å². The maximum atomic E-state index is 12.0. The standard InChI is InChI=1S/C12H18O3/c1-2-11-7-4-8-12(11,15-11)10(13)14-9-5-3-6-9/h9H,2-8H2,1H3. The first-order chi connectivity index (χ1) is 7.22. The molecule has 3 aliphatic rings. The Morgan fingerprint density at radius 2 is 2.20 bits per heavy atom. The summed E-state index contributed by atoms with van der Waals surface area (Å²) in [5.41, 5.74) is -0.675. The third-order valence-electron chi connectivity index (χ3n) is 4.40. The van der Waals surface area contributed by atoms with Crippen LogP contribution < -0.4 is 0 Å². The van der Waals surface area contributed by atoms with Gasteiger partial charge in [-0.05, 0) is 44.9 Å². The summed E-state index contributed by atoms with van der Waals surface area (Å²) < 4.78 is 11.2. The molecule has 84 valence electrons. The third-order valence-corrected chi connectivity index (χ3v) is 4.40. The lowest BCUT2D eigenvalue weighted by molar-refractivity contribution is -0.159. The van der Waals surface area contributed by atoms with Gasteiger partial charge in [0.15, 0.2) is 5.60 Å². The van der Waals surface area contributed by atoms with E-state index in [1.807, 2.05) is 0 Å². The highest BCUT2D eigenvalue weighted by molar-refractivity contribution is 5.85. The Morgan fingerprint density at radius 1 is 1.40 bits per heavy atom. The predicted molar refractivity (Wildman–Crippen MR) is 54.4 cm³/mol. The SMILES string of the molecule is CCC12CCCC1(C(=O)OC1CCC1)O2. The summed E-state index contributed by atoms with van der Waals surface area (Å²) >= 11 is 0. The zero-order valence-corrected chi connectivity index (χ0v) is 9.25. The summed E-state index contributed by atoms with van der Waals surface area (Å²) in [7, 11) is 0. The van der Waals surface area contributed by atoms with Crippen molar-refractivity contribution in [3.63, 3.8) is 0 Å². The van der Waals surface area contributed by atoms with Crippen LogP contribution in [0.5, 0.6) is 0 Å². The zero-order valence-electron chi connectivity index (χ0n) is 9.25. The highest BCUT2D eigenvalue weighted by Gasteiger charge is 2.76. The lowest BCUT2D eigenvalue weighted by atomic mass is 9.92. The molecule has 1 heterocycles. The van der Waals surface area contributed by atoms with E-state index in [0.717, 1.165) is 38.5 Å². The first-order valence-corrected chi connectivity index (χ1v) is 6.14. The quantitative estimate of drug-likeness (QED) is 0.529. The van der Waals surface area contributed by atoms with Crippen molar-refractivity contribution in [1.29, 1.82) is 0 Å². The van der Waals surface area contributed by atoms with Crippen molar-refractivity contribution in [3.8, 4) is 0 Å². The second kappa shape index (κ2) is 2.97. The molecule has 0 aromatic carbocycles. The minimum Gasteiger partial charge on any atom is -0.460 e. The number of carbonyl (C=O) groups excluding carboxylic acids is 1. The van der Waals surface area contributed by atoms with E-state index in [0.29, 0.717) is 0 Å². The van der Waals surface area contributed by atoms with Crippen molar-refractivity contribution >= 4 is 5.97 Å². The minimum absolute atomic E-state index is 0.0773. The van der Waals surface area contributed by atoms with Crippen molar-refractivity contribution in [3.05, 3.63) is 0 Å². The number of rotatable bonds is 3. The van der Waals surface area contributed by atoms with Crippen LogP contribution in [0.4, 0.5) is 0 Å². The fourth-order valence-corrected chi connectivity index (χ4v) is 3.06. The van der Waals surface area contributed by atoms with Crippen LogP contribution in [0, 0.1) is 0 Å². The van der Waals surface area contributed by atoms with Gasteiger partial charge >= 0.3 is 5.97 Å². The van der Waals surface area contributed by atoms with Crippen molar-refractivity contribution in [1.82, 2.24) is 0 Å². The van der Waals surface area contributed by atoms with E-state index in [1.54, 1.807) is 0 Å². The van der Waals surface area contributed by atoms with Crippen molar-refractivity contribution in [2.75, 3.05) is 0 Å². The topological polar surface area (TPSA) is 38.8 Å². The highest BCUT2D eigenvalue weighted by Crippen LogP contribution is 2.62. The normalized spacial score (nSPS) is 43.3. The van der Waals surface area contributed by atoms with E-state index >= 15 is 0 Å². The largest absolute Gasteiger partial charge is 0.460 e. The van der Waals surface area contributed by atoms with Crippen LogP contribution in [0.25, 0.3) is 0 Å². The lowest BCUT2D eigenvalue weighted by Crippen LogP contribution is -2.36. The van der Waals surface area contributed by atoms with Crippen LogP contribution >= 0.6 is 0 Å². The second-order valence-corrected chi connectivity index (χ2v) is 5.09. The Labute approximate surface area is 90.1 Å². The maximum Gasteiger partial charge on any atom is 0.341 e. The summed E-state index contributed by atoms with van der Waals surface area (Å²) in [6, 6.07) is 0. The van der Waals surface area contributed by atoms with Gasteiger partial charge in [0.05, 0.1) is 0 Å². The Bertz CT molecular complexity index is 297. The molecule has 3 rings (SSSR count). The molecule has 2 atom stereocenters. The number of ether oxygens (including phenoxy) is 2.